The number of benzene rings is 3. The molecule has 0 bridgehead atoms. The Kier molecular flexibility index (Phi) is 9.35. The van der Waals surface area contributed by atoms with Crippen molar-refractivity contribution in [2.24, 2.45) is 0 Å². The highest BCUT2D eigenvalue weighted by atomic mass is 32.2. The predicted octanol–water partition coefficient (Wildman–Crippen LogP) is 6.72. The highest BCUT2D eigenvalue weighted by Crippen LogP contribution is 2.39. The first-order valence-corrected chi connectivity index (χ1v) is 15.3. The van der Waals surface area contributed by atoms with Crippen LogP contribution in [0.25, 0.3) is 10.4 Å². The lowest BCUT2D eigenvalue weighted by molar-refractivity contribution is -0.115. The van der Waals surface area contributed by atoms with Gasteiger partial charge in [0.15, 0.2) is 5.82 Å². The van der Waals surface area contributed by atoms with Gasteiger partial charge in [-0.15, -0.1) is 21.5 Å². The zero-order chi connectivity index (χ0) is 29.5. The normalized spacial score (nSPS) is 12.4. The topological polar surface area (TPSA) is 112 Å². The van der Waals surface area contributed by atoms with Crippen LogP contribution in [0.3, 0.4) is 0 Å². The number of thioether (sulfide) groups is 1. The molecule has 10 heteroatoms. The van der Waals surface area contributed by atoms with Crippen LogP contribution in [-0.4, -0.2) is 33.4 Å². The highest BCUT2D eigenvalue weighted by molar-refractivity contribution is 8.00. The second-order valence-electron chi connectivity index (χ2n) is 9.62. The summed E-state index contributed by atoms with van der Waals surface area (Å²) >= 11 is 2.53. The van der Waals surface area contributed by atoms with Crippen LogP contribution in [0, 0.1) is 0 Å². The molecule has 5 aromatic rings. The number of amides is 1. The lowest BCUT2D eigenvalue weighted by Crippen LogP contribution is -2.21. The molecule has 0 aliphatic rings. The van der Waals surface area contributed by atoms with E-state index in [1.165, 1.54) is 33.3 Å². The molecule has 5 rings (SSSR count). The summed E-state index contributed by atoms with van der Waals surface area (Å²) in [5.74, 6) is 6.45. The van der Waals surface area contributed by atoms with Crippen molar-refractivity contribution in [1.29, 1.82) is 0 Å². The third-order valence-corrected chi connectivity index (χ3v) is 8.99. The number of carbonyl (C=O) groups excluding carboxylic acids is 2. The van der Waals surface area contributed by atoms with Crippen LogP contribution < -0.4 is 11.2 Å². The van der Waals surface area contributed by atoms with Crippen LogP contribution in [0.5, 0.6) is 0 Å². The number of nitrogen functional groups attached to an aromatic ring is 1. The number of thiophene rings is 1. The number of nitrogens with one attached hydrogen (secondary N) is 1. The first-order chi connectivity index (χ1) is 20.4. The van der Waals surface area contributed by atoms with Gasteiger partial charge in [-0.1, -0.05) is 110 Å². The number of hydrogen-bond donors (Lipinski definition) is 2. The summed E-state index contributed by atoms with van der Waals surface area (Å²) in [7, 11) is 0. The monoisotopic (exact) mass is 597 g/mol. The first-order valence-electron chi connectivity index (χ1n) is 13.6. The second kappa shape index (κ2) is 13.5. The predicted molar refractivity (Wildman–Crippen MR) is 168 cm³/mol. The van der Waals surface area contributed by atoms with Crippen molar-refractivity contribution in [3.8, 4) is 10.4 Å². The lowest BCUT2D eigenvalue weighted by atomic mass is 9.98. The molecule has 0 aliphatic heterocycles. The van der Waals surface area contributed by atoms with E-state index in [-0.39, 0.29) is 18.4 Å². The lowest BCUT2D eigenvalue weighted by Gasteiger charge is -2.17. The van der Waals surface area contributed by atoms with Gasteiger partial charge in [0.05, 0.1) is 12.2 Å². The quantitative estimate of drug-likeness (QED) is 0.0988. The van der Waals surface area contributed by atoms with Gasteiger partial charge in [-0.2, -0.15) is 0 Å². The Morgan fingerprint density at radius 1 is 0.952 bits per heavy atom. The number of hydrogen-bond acceptors (Lipinski definition) is 8. The second-order valence-corrected chi connectivity index (χ2v) is 11.7. The van der Waals surface area contributed by atoms with Gasteiger partial charge in [0.1, 0.15) is 10.3 Å². The van der Waals surface area contributed by atoms with Gasteiger partial charge < -0.3 is 15.9 Å². The van der Waals surface area contributed by atoms with Crippen molar-refractivity contribution in [3.05, 3.63) is 120 Å². The fourth-order valence-electron chi connectivity index (χ4n) is 4.47. The van der Waals surface area contributed by atoms with Crippen molar-refractivity contribution in [1.82, 2.24) is 14.9 Å². The summed E-state index contributed by atoms with van der Waals surface area (Å²) in [6.45, 7) is 4.09. The Morgan fingerprint density at radius 3 is 2.21 bits per heavy atom. The van der Waals surface area contributed by atoms with E-state index in [2.05, 4.69) is 34.6 Å². The van der Waals surface area contributed by atoms with E-state index in [1.54, 1.807) is 13.0 Å². The number of aromatic nitrogens is 3. The average molecular weight is 598 g/mol. The SMILES string of the molecule is CCOC(=O)c1cc(-c2ccccc2)sc1NC(=O)[C@H](Sc1nnc(C[C@@H](C)c2ccccc2)n1N)c1ccccc1. The molecule has 0 radical (unpaired) electrons. The van der Waals surface area contributed by atoms with Crippen molar-refractivity contribution in [2.45, 2.75) is 36.6 Å². The minimum Gasteiger partial charge on any atom is -0.462 e. The van der Waals surface area contributed by atoms with Gasteiger partial charge in [0.25, 0.3) is 0 Å². The number of ether oxygens (including phenoxy) is 1. The Balaban J connectivity index is 1.42. The van der Waals surface area contributed by atoms with Crippen molar-refractivity contribution in [3.63, 3.8) is 0 Å². The Hall–Kier alpha value is -4.41. The zero-order valence-corrected chi connectivity index (χ0v) is 24.9. The molecular formula is C32H31N5O3S2. The summed E-state index contributed by atoms with van der Waals surface area (Å²) in [5, 5.41) is 11.8. The van der Waals surface area contributed by atoms with Gasteiger partial charge in [-0.25, -0.2) is 9.47 Å². The maximum atomic E-state index is 13.9. The number of anilines is 1. The Bertz CT molecular complexity index is 1640. The molecule has 3 aromatic carbocycles. The van der Waals surface area contributed by atoms with E-state index >= 15 is 0 Å². The number of nitrogens with zero attached hydrogens (tertiary/aromatic N) is 3. The third-order valence-electron chi connectivity index (χ3n) is 6.68. The summed E-state index contributed by atoms with van der Waals surface area (Å²) in [4.78, 5) is 27.6. The van der Waals surface area contributed by atoms with Crippen LogP contribution in [0.15, 0.2) is 102 Å². The molecule has 0 aliphatic carbocycles. The number of carbonyl (C=O) groups is 2. The van der Waals surface area contributed by atoms with Gasteiger partial charge in [0.2, 0.25) is 11.1 Å². The van der Waals surface area contributed by atoms with E-state index in [4.69, 9.17) is 10.6 Å². The van der Waals surface area contributed by atoms with Crippen molar-refractivity contribution in [2.75, 3.05) is 17.8 Å². The van der Waals surface area contributed by atoms with Gasteiger partial charge >= 0.3 is 5.97 Å². The minimum atomic E-state index is -0.714. The highest BCUT2D eigenvalue weighted by Gasteiger charge is 2.28. The van der Waals surface area contributed by atoms with E-state index in [9.17, 15) is 9.59 Å². The fourth-order valence-corrected chi connectivity index (χ4v) is 6.50. The number of esters is 1. The molecule has 2 aromatic heterocycles. The molecular weight excluding hydrogens is 567 g/mol. The van der Waals surface area contributed by atoms with Crippen LogP contribution in [0.2, 0.25) is 0 Å². The maximum absolute atomic E-state index is 13.9. The molecule has 0 spiro atoms. The smallest absolute Gasteiger partial charge is 0.341 e. The zero-order valence-electron chi connectivity index (χ0n) is 23.3. The van der Waals surface area contributed by atoms with Crippen molar-refractivity contribution < 1.29 is 14.3 Å². The number of rotatable bonds is 11. The summed E-state index contributed by atoms with van der Waals surface area (Å²) in [6.07, 6.45) is 0.594. The molecule has 3 N–H and O–H groups in total. The van der Waals surface area contributed by atoms with Gasteiger partial charge in [-0.05, 0) is 35.6 Å². The summed E-state index contributed by atoms with van der Waals surface area (Å²) < 4.78 is 6.75. The molecule has 1 amide bonds. The van der Waals surface area contributed by atoms with Crippen LogP contribution >= 0.6 is 23.1 Å². The minimum absolute atomic E-state index is 0.183. The standard InChI is InChI=1S/C32H31N5O3S2/c1-3-40-31(39)25-20-26(23-15-9-5-10-16-23)41-30(25)34-29(38)28(24-17-11-6-12-18-24)42-32-36-35-27(37(32)33)19-21(2)22-13-7-4-8-14-22/h4-18,20-21,28H,3,19,33H2,1-2H3,(H,34,38)/t21-,28-/m1/s1. The van der Waals surface area contributed by atoms with Crippen LogP contribution in [0.1, 0.15) is 52.3 Å². The van der Waals surface area contributed by atoms with Gasteiger partial charge in [-0.3, -0.25) is 4.79 Å². The van der Waals surface area contributed by atoms with E-state index in [0.29, 0.717) is 28.0 Å². The molecule has 8 nitrogen and oxygen atoms in total. The Morgan fingerprint density at radius 2 is 1.57 bits per heavy atom. The van der Waals surface area contributed by atoms with Crippen LogP contribution in [-0.2, 0) is 16.0 Å². The molecule has 0 saturated heterocycles. The largest absolute Gasteiger partial charge is 0.462 e. The van der Waals surface area contributed by atoms with Crippen LogP contribution in [0.4, 0.5) is 5.00 Å². The molecule has 0 unspecified atom stereocenters. The fraction of sp³-hybridized carbons (Fsp3) is 0.188. The van der Waals surface area contributed by atoms with E-state index < -0.39 is 11.2 Å². The maximum Gasteiger partial charge on any atom is 0.341 e. The molecule has 0 fully saturated rings. The van der Waals surface area contributed by atoms with Gasteiger partial charge in [0, 0.05) is 11.3 Å². The molecule has 2 heterocycles. The first kappa shape index (κ1) is 29.1. The third kappa shape index (κ3) is 6.72. The molecule has 214 valence electrons. The Labute approximate surface area is 252 Å². The molecule has 42 heavy (non-hydrogen) atoms. The average Bonchev–Trinajstić information content (AvgIpc) is 3.60. The van der Waals surface area contributed by atoms with Crippen molar-refractivity contribution >= 4 is 40.0 Å². The number of nitrogens with two attached hydrogens (primary N) is 1. The van der Waals surface area contributed by atoms with E-state index in [1.807, 2.05) is 78.9 Å². The summed E-state index contributed by atoms with van der Waals surface area (Å²) in [5.41, 5.74) is 3.19. The molecule has 2 atom stereocenters. The summed E-state index contributed by atoms with van der Waals surface area (Å²) in [6, 6.07) is 31.0. The molecule has 0 saturated carbocycles. The van der Waals surface area contributed by atoms with E-state index in [0.717, 1.165) is 16.0 Å².